The summed E-state index contributed by atoms with van der Waals surface area (Å²) in [7, 11) is 0. The Morgan fingerprint density at radius 3 is 2.50 bits per heavy atom. The number of furan rings is 1. The summed E-state index contributed by atoms with van der Waals surface area (Å²) < 4.78 is 4.92. The number of fused-ring (bicyclic) bond motifs is 1. The zero-order chi connectivity index (χ0) is 10.6. The van der Waals surface area contributed by atoms with Gasteiger partial charge in [-0.2, -0.15) is 0 Å². The van der Waals surface area contributed by atoms with Gasteiger partial charge in [-0.1, -0.05) is 18.2 Å². The molecule has 0 bridgehead atoms. The fourth-order valence-corrected chi connectivity index (χ4v) is 0.968. The van der Waals surface area contributed by atoms with E-state index in [0.717, 1.165) is 17.9 Å². The predicted molar refractivity (Wildman–Crippen MR) is 51.2 cm³/mol. The minimum atomic E-state index is -0.833. The Bertz CT molecular complexity index is 393. The van der Waals surface area contributed by atoms with Gasteiger partial charge in [0.1, 0.15) is 5.58 Å². The third-order valence-corrected chi connectivity index (χ3v) is 1.41. The lowest BCUT2D eigenvalue weighted by Crippen LogP contribution is -1.78. The highest BCUT2D eigenvalue weighted by molar-refractivity contribution is 5.78. The highest BCUT2D eigenvalue weighted by Gasteiger charge is 1.97. The largest absolute Gasteiger partial charge is 0.481 e. The first-order chi connectivity index (χ1) is 6.59. The zero-order valence-electron chi connectivity index (χ0n) is 7.60. The molecule has 2 aromatic rings. The summed E-state index contributed by atoms with van der Waals surface area (Å²) in [5, 5.41) is 17.2. The molecule has 1 aromatic carbocycles. The lowest BCUT2D eigenvalue weighted by molar-refractivity contribution is -0.134. The number of hydrogen-bond donors (Lipinski definition) is 2. The van der Waals surface area contributed by atoms with Crippen LogP contribution in [0.3, 0.4) is 0 Å². The molecule has 4 heteroatoms. The van der Waals surface area contributed by atoms with Crippen LogP contribution in [0.4, 0.5) is 0 Å². The minimum absolute atomic E-state index is 0.0267. The Morgan fingerprint density at radius 1 is 1.36 bits per heavy atom. The molecule has 0 aliphatic carbocycles. The van der Waals surface area contributed by atoms with Crippen molar-refractivity contribution in [2.45, 2.75) is 6.92 Å². The second kappa shape index (κ2) is 4.32. The maximum absolute atomic E-state index is 9.00. The molecule has 0 fully saturated rings. The van der Waals surface area contributed by atoms with Crippen molar-refractivity contribution in [2.75, 3.05) is 0 Å². The first kappa shape index (κ1) is 10.1. The second-order valence-electron chi connectivity index (χ2n) is 2.64. The summed E-state index contributed by atoms with van der Waals surface area (Å²) >= 11 is 0. The van der Waals surface area contributed by atoms with E-state index in [9.17, 15) is 0 Å². The number of para-hydroxylation sites is 1. The Kier molecular flexibility index (Phi) is 3.12. The second-order valence-corrected chi connectivity index (χ2v) is 2.64. The summed E-state index contributed by atoms with van der Waals surface area (Å²) in [6.07, 6.45) is 0. The molecular weight excluding hydrogens is 184 g/mol. The maximum atomic E-state index is 9.00. The highest BCUT2D eigenvalue weighted by atomic mass is 16.5. The average Bonchev–Trinajstić information content (AvgIpc) is 2.42. The van der Waals surface area contributed by atoms with Crippen molar-refractivity contribution >= 4 is 16.9 Å². The van der Waals surface area contributed by atoms with Crippen LogP contribution >= 0.6 is 0 Å². The van der Waals surface area contributed by atoms with E-state index in [1.165, 1.54) is 0 Å². The van der Waals surface area contributed by atoms with Gasteiger partial charge in [-0.05, 0) is 6.07 Å². The third kappa shape index (κ3) is 2.82. The van der Waals surface area contributed by atoms with Gasteiger partial charge in [-0.25, -0.2) is 0 Å². The number of carbonyl (C=O) groups is 1. The van der Waals surface area contributed by atoms with E-state index in [0.29, 0.717) is 0 Å². The van der Waals surface area contributed by atoms with Crippen molar-refractivity contribution < 1.29 is 19.4 Å². The molecule has 1 heterocycles. The van der Waals surface area contributed by atoms with Crippen LogP contribution < -0.4 is 0 Å². The van der Waals surface area contributed by atoms with Gasteiger partial charge in [-0.3, -0.25) is 4.79 Å². The number of carboxylic acid groups (broad SMARTS) is 1. The number of rotatable bonds is 0. The predicted octanol–water partition coefficient (Wildman–Crippen LogP) is 2.23. The monoisotopic (exact) mass is 194 g/mol. The van der Waals surface area contributed by atoms with Gasteiger partial charge in [0.15, 0.2) is 0 Å². The van der Waals surface area contributed by atoms with Crippen LogP contribution in [0.2, 0.25) is 0 Å². The van der Waals surface area contributed by atoms with Crippen molar-refractivity contribution in [1.29, 1.82) is 0 Å². The van der Waals surface area contributed by atoms with Crippen molar-refractivity contribution in [3.8, 4) is 5.95 Å². The smallest absolute Gasteiger partial charge is 0.300 e. The summed E-state index contributed by atoms with van der Waals surface area (Å²) in [4.78, 5) is 9.00. The third-order valence-electron chi connectivity index (χ3n) is 1.41. The van der Waals surface area contributed by atoms with Crippen LogP contribution in [0.25, 0.3) is 11.0 Å². The maximum Gasteiger partial charge on any atom is 0.300 e. The van der Waals surface area contributed by atoms with Crippen LogP contribution in [0.5, 0.6) is 5.95 Å². The van der Waals surface area contributed by atoms with Gasteiger partial charge < -0.3 is 14.6 Å². The van der Waals surface area contributed by atoms with Gasteiger partial charge in [0, 0.05) is 18.4 Å². The SMILES string of the molecule is CC(=O)O.Oc1cc2ccccc2o1. The molecule has 0 amide bonds. The van der Waals surface area contributed by atoms with Crippen LogP contribution in [0.15, 0.2) is 34.7 Å². The number of carboxylic acids is 1. The van der Waals surface area contributed by atoms with Crippen molar-refractivity contribution in [2.24, 2.45) is 0 Å². The van der Waals surface area contributed by atoms with E-state index < -0.39 is 5.97 Å². The molecule has 0 unspecified atom stereocenters. The highest BCUT2D eigenvalue weighted by Crippen LogP contribution is 2.22. The summed E-state index contributed by atoms with van der Waals surface area (Å²) in [6, 6.07) is 9.06. The number of hydrogen-bond acceptors (Lipinski definition) is 3. The molecule has 74 valence electrons. The molecule has 4 nitrogen and oxygen atoms in total. The Labute approximate surface area is 80.4 Å². The zero-order valence-corrected chi connectivity index (χ0v) is 7.60. The Morgan fingerprint density at radius 2 is 1.93 bits per heavy atom. The molecule has 0 radical (unpaired) electrons. The number of aromatic hydroxyl groups is 1. The lowest BCUT2D eigenvalue weighted by Gasteiger charge is -1.81. The molecule has 0 saturated heterocycles. The van der Waals surface area contributed by atoms with Crippen molar-refractivity contribution in [3.05, 3.63) is 30.3 Å². The van der Waals surface area contributed by atoms with E-state index in [-0.39, 0.29) is 5.95 Å². The molecule has 2 N–H and O–H groups in total. The molecule has 1 aromatic heterocycles. The van der Waals surface area contributed by atoms with Gasteiger partial charge in [0.05, 0.1) is 0 Å². The molecule has 0 saturated carbocycles. The molecule has 0 aliphatic rings. The normalized spacial score (nSPS) is 9.21. The molecule has 2 rings (SSSR count). The summed E-state index contributed by atoms with van der Waals surface area (Å²) in [6.45, 7) is 1.08. The van der Waals surface area contributed by atoms with E-state index >= 15 is 0 Å². The Hall–Kier alpha value is -1.97. The Balaban J connectivity index is 0.000000213. The topological polar surface area (TPSA) is 70.7 Å². The van der Waals surface area contributed by atoms with Crippen LogP contribution in [-0.2, 0) is 4.79 Å². The van der Waals surface area contributed by atoms with Crippen molar-refractivity contribution in [1.82, 2.24) is 0 Å². The average molecular weight is 194 g/mol. The van der Waals surface area contributed by atoms with Crippen molar-refractivity contribution in [3.63, 3.8) is 0 Å². The van der Waals surface area contributed by atoms with Crippen LogP contribution in [0.1, 0.15) is 6.92 Å². The molecular formula is C10H10O4. The van der Waals surface area contributed by atoms with Gasteiger partial charge >= 0.3 is 0 Å². The van der Waals surface area contributed by atoms with E-state index in [1.807, 2.05) is 24.3 Å². The van der Waals surface area contributed by atoms with E-state index in [1.54, 1.807) is 6.07 Å². The van der Waals surface area contributed by atoms with Gasteiger partial charge in [0.2, 0.25) is 0 Å². The molecule has 0 aliphatic heterocycles. The van der Waals surface area contributed by atoms with Crippen LogP contribution in [0, 0.1) is 0 Å². The van der Waals surface area contributed by atoms with E-state index in [2.05, 4.69) is 0 Å². The van der Waals surface area contributed by atoms with Gasteiger partial charge in [-0.15, -0.1) is 0 Å². The lowest BCUT2D eigenvalue weighted by atomic mass is 10.3. The number of benzene rings is 1. The summed E-state index contributed by atoms with van der Waals surface area (Å²) in [5.41, 5.74) is 0.722. The van der Waals surface area contributed by atoms with Crippen LogP contribution in [-0.4, -0.2) is 16.2 Å². The first-order valence-corrected chi connectivity index (χ1v) is 3.96. The fourth-order valence-electron chi connectivity index (χ4n) is 0.968. The minimum Gasteiger partial charge on any atom is -0.481 e. The molecule has 14 heavy (non-hydrogen) atoms. The molecule has 0 atom stereocenters. The fraction of sp³-hybridized carbons (Fsp3) is 0.100. The summed E-state index contributed by atoms with van der Waals surface area (Å²) in [5.74, 6) is -0.860. The quantitative estimate of drug-likeness (QED) is 0.674. The first-order valence-electron chi connectivity index (χ1n) is 3.96. The standard InChI is InChI=1S/C8H6O2.C2H4O2/c9-8-5-6-3-1-2-4-7(6)10-8;1-2(3)4/h1-5,9H;1H3,(H,3,4). The number of aliphatic carboxylic acids is 1. The molecule has 0 spiro atoms. The van der Waals surface area contributed by atoms with E-state index in [4.69, 9.17) is 19.4 Å². The van der Waals surface area contributed by atoms with Gasteiger partial charge in [0.25, 0.3) is 11.9 Å².